The summed E-state index contributed by atoms with van der Waals surface area (Å²) in [7, 11) is 3.31. The lowest BCUT2D eigenvalue weighted by Gasteiger charge is -2.29. The first-order valence-corrected chi connectivity index (χ1v) is 12.7. The van der Waals surface area contributed by atoms with Gasteiger partial charge in [0.1, 0.15) is 17.2 Å². The molecule has 0 spiro atoms. The molecule has 6 nitrogen and oxygen atoms in total. The number of halogens is 1. The largest absolute Gasteiger partial charge is 0.497 e. The van der Waals surface area contributed by atoms with E-state index in [2.05, 4.69) is 6.08 Å². The Morgan fingerprint density at radius 3 is 2.38 bits per heavy atom. The van der Waals surface area contributed by atoms with Crippen LogP contribution < -0.4 is 14.2 Å². The molecule has 1 aliphatic heterocycles. The van der Waals surface area contributed by atoms with Crippen LogP contribution in [0.3, 0.4) is 0 Å². The Kier molecular flexibility index (Phi) is 7.47. The first kappa shape index (κ1) is 24.9. The van der Waals surface area contributed by atoms with Crippen LogP contribution in [0.25, 0.3) is 6.08 Å². The van der Waals surface area contributed by atoms with Gasteiger partial charge in [-0.3, -0.25) is 4.79 Å². The molecule has 7 heteroatoms. The van der Waals surface area contributed by atoms with Gasteiger partial charge in [0.2, 0.25) is 0 Å². The third-order valence-electron chi connectivity index (χ3n) is 6.83. The minimum Gasteiger partial charge on any atom is -0.497 e. The first-order valence-electron chi connectivity index (χ1n) is 12.3. The second-order valence-electron chi connectivity index (χ2n) is 9.13. The molecule has 1 fully saturated rings. The van der Waals surface area contributed by atoms with Gasteiger partial charge >= 0.3 is 0 Å². The average molecular weight is 517 g/mol. The zero-order valence-corrected chi connectivity index (χ0v) is 21.6. The van der Waals surface area contributed by atoms with Crippen LogP contribution in [-0.4, -0.2) is 37.5 Å². The summed E-state index contributed by atoms with van der Waals surface area (Å²) in [4.78, 5) is 13.5. The van der Waals surface area contributed by atoms with Gasteiger partial charge < -0.3 is 14.2 Å². The van der Waals surface area contributed by atoms with Gasteiger partial charge in [-0.1, -0.05) is 41.9 Å². The number of rotatable bonds is 7. The molecule has 5 rings (SSSR count). The first-order chi connectivity index (χ1) is 18.1. The summed E-state index contributed by atoms with van der Waals surface area (Å²) in [6, 6.07) is 22.7. The Morgan fingerprint density at radius 1 is 1.00 bits per heavy atom. The molecule has 3 aromatic rings. The summed E-state index contributed by atoms with van der Waals surface area (Å²) >= 11 is 6.08. The van der Waals surface area contributed by atoms with E-state index in [1.807, 2.05) is 48.5 Å². The predicted molar refractivity (Wildman–Crippen MR) is 145 cm³/mol. The molecule has 0 bridgehead atoms. The number of fused-ring (bicyclic) bond motifs is 1. The lowest BCUT2D eigenvalue weighted by atomic mass is 9.77. The Bertz CT molecular complexity index is 1320. The molecule has 37 heavy (non-hydrogen) atoms. The van der Waals surface area contributed by atoms with E-state index in [-0.39, 0.29) is 24.5 Å². The summed E-state index contributed by atoms with van der Waals surface area (Å²) < 4.78 is 16.4. The number of hydrazone groups is 1. The van der Waals surface area contributed by atoms with E-state index in [4.69, 9.17) is 30.9 Å². The molecule has 2 aliphatic rings. The molecule has 0 unspecified atom stereocenters. The van der Waals surface area contributed by atoms with Crippen molar-refractivity contribution in [2.24, 2.45) is 11.0 Å². The molecule has 1 amide bonds. The van der Waals surface area contributed by atoms with Gasteiger partial charge in [-0.05, 0) is 84.5 Å². The van der Waals surface area contributed by atoms with Crippen LogP contribution in [-0.2, 0) is 4.79 Å². The number of benzene rings is 3. The molecule has 0 saturated heterocycles. The minimum atomic E-state index is -0.212. The summed E-state index contributed by atoms with van der Waals surface area (Å²) in [6.45, 7) is -0.131. The fourth-order valence-electron chi connectivity index (χ4n) is 5.01. The van der Waals surface area contributed by atoms with Crippen molar-refractivity contribution in [3.05, 3.63) is 94.5 Å². The Morgan fingerprint density at radius 2 is 1.70 bits per heavy atom. The molecule has 1 heterocycles. The molecule has 190 valence electrons. The molecular weight excluding hydrogens is 488 g/mol. The van der Waals surface area contributed by atoms with Crippen LogP contribution in [0.1, 0.15) is 36.4 Å². The molecule has 3 aromatic carbocycles. The van der Waals surface area contributed by atoms with Gasteiger partial charge in [0.15, 0.2) is 6.61 Å². The van der Waals surface area contributed by atoms with Crippen molar-refractivity contribution in [1.29, 1.82) is 0 Å². The molecule has 1 aliphatic carbocycles. The van der Waals surface area contributed by atoms with Crippen LogP contribution >= 0.6 is 11.6 Å². The van der Waals surface area contributed by atoms with E-state index in [1.165, 1.54) is 0 Å². The minimum absolute atomic E-state index is 0.0989. The maximum Gasteiger partial charge on any atom is 0.281 e. The van der Waals surface area contributed by atoms with E-state index < -0.39 is 0 Å². The number of hydrogen-bond acceptors (Lipinski definition) is 5. The van der Waals surface area contributed by atoms with Gasteiger partial charge in [0.25, 0.3) is 5.91 Å². The molecule has 1 saturated carbocycles. The molecule has 0 radical (unpaired) electrons. The Balaban J connectivity index is 1.46. The highest BCUT2D eigenvalue weighted by Crippen LogP contribution is 2.44. The molecule has 2 atom stereocenters. The van der Waals surface area contributed by atoms with Gasteiger partial charge in [-0.15, -0.1) is 0 Å². The summed E-state index contributed by atoms with van der Waals surface area (Å²) in [6.07, 6.45) is 5.07. The Hall–Kier alpha value is -3.77. The van der Waals surface area contributed by atoms with E-state index in [1.54, 1.807) is 43.5 Å². The van der Waals surface area contributed by atoms with Crippen molar-refractivity contribution in [1.82, 2.24) is 5.01 Å². The van der Waals surface area contributed by atoms with Gasteiger partial charge in [-0.25, -0.2) is 5.01 Å². The number of methoxy groups -OCH3 is 2. The number of amides is 1. The van der Waals surface area contributed by atoms with Crippen molar-refractivity contribution < 1.29 is 19.0 Å². The average Bonchev–Trinajstić information content (AvgIpc) is 3.33. The number of carbonyl (C=O) groups is 1. The SMILES string of the molecule is COc1ccc(/C=C2/CCC[C@H]3C2=NN(C(=O)COc2cccc(Cl)c2)[C@@H]3c2ccc(OC)cc2)cc1. The standard InChI is InChI=1S/C30H29ClN2O4/c1-35-24-13-9-20(10-14-24)17-22-5-3-8-27-29(22)32-33(30(27)21-11-15-25(36-2)16-12-21)28(34)19-37-26-7-4-6-23(31)18-26/h4,6-7,9-18,27,30H,3,5,8,19H2,1-2H3/b22-17-/t27-,30+/m0/s1. The second kappa shape index (κ2) is 11.1. The van der Waals surface area contributed by atoms with Crippen molar-refractivity contribution >= 4 is 29.3 Å². The summed E-state index contributed by atoms with van der Waals surface area (Å²) in [5, 5.41) is 7.09. The maximum absolute atomic E-state index is 13.5. The highest BCUT2D eigenvalue weighted by Gasteiger charge is 2.43. The summed E-state index contributed by atoms with van der Waals surface area (Å²) in [5.41, 5.74) is 4.23. The van der Waals surface area contributed by atoms with Crippen LogP contribution in [0.2, 0.25) is 5.02 Å². The van der Waals surface area contributed by atoms with Crippen LogP contribution in [0.15, 0.2) is 83.5 Å². The molecule has 0 N–H and O–H groups in total. The monoisotopic (exact) mass is 516 g/mol. The highest BCUT2D eigenvalue weighted by atomic mass is 35.5. The smallest absolute Gasteiger partial charge is 0.281 e. The zero-order valence-electron chi connectivity index (χ0n) is 20.9. The van der Waals surface area contributed by atoms with Gasteiger partial charge in [-0.2, -0.15) is 5.10 Å². The van der Waals surface area contributed by atoms with Gasteiger partial charge in [0, 0.05) is 10.9 Å². The Labute approximate surface area is 222 Å². The number of nitrogens with zero attached hydrogens (tertiary/aromatic N) is 2. The normalized spacial score (nSPS) is 19.8. The van der Waals surface area contributed by atoms with E-state index in [0.29, 0.717) is 10.8 Å². The number of allylic oxidation sites excluding steroid dienone is 1. The fraction of sp³-hybridized carbons (Fsp3) is 0.267. The fourth-order valence-corrected chi connectivity index (χ4v) is 5.19. The third kappa shape index (κ3) is 5.49. The lowest BCUT2D eigenvalue weighted by Crippen LogP contribution is -2.34. The lowest BCUT2D eigenvalue weighted by molar-refractivity contribution is -0.135. The second-order valence-corrected chi connectivity index (χ2v) is 9.57. The number of carbonyl (C=O) groups excluding carboxylic acids is 1. The third-order valence-corrected chi connectivity index (χ3v) is 7.06. The number of hydrogen-bond donors (Lipinski definition) is 0. The van der Waals surface area contributed by atoms with Crippen LogP contribution in [0.5, 0.6) is 17.2 Å². The van der Waals surface area contributed by atoms with Crippen molar-refractivity contribution in [2.45, 2.75) is 25.3 Å². The zero-order chi connectivity index (χ0) is 25.8. The van der Waals surface area contributed by atoms with Gasteiger partial charge in [0.05, 0.1) is 26.0 Å². The van der Waals surface area contributed by atoms with E-state index in [0.717, 1.165) is 53.2 Å². The van der Waals surface area contributed by atoms with E-state index >= 15 is 0 Å². The highest BCUT2D eigenvalue weighted by molar-refractivity contribution is 6.30. The predicted octanol–water partition coefficient (Wildman–Crippen LogP) is 6.56. The van der Waals surface area contributed by atoms with E-state index in [9.17, 15) is 4.79 Å². The summed E-state index contributed by atoms with van der Waals surface area (Å²) in [5.74, 6) is 2.03. The van der Waals surface area contributed by atoms with Crippen molar-refractivity contribution in [3.63, 3.8) is 0 Å². The quantitative estimate of drug-likeness (QED) is 0.357. The van der Waals surface area contributed by atoms with Crippen molar-refractivity contribution in [2.75, 3.05) is 20.8 Å². The topological polar surface area (TPSA) is 60.4 Å². The molecular formula is C30H29ClN2O4. The van der Waals surface area contributed by atoms with Crippen LogP contribution in [0.4, 0.5) is 0 Å². The number of ether oxygens (including phenoxy) is 3. The van der Waals surface area contributed by atoms with Crippen LogP contribution in [0, 0.1) is 5.92 Å². The molecule has 0 aromatic heterocycles. The maximum atomic E-state index is 13.5. The van der Waals surface area contributed by atoms with Crippen molar-refractivity contribution in [3.8, 4) is 17.2 Å².